The molecule has 1 aromatic heterocycles. The first kappa shape index (κ1) is 21.5. The number of ether oxygens (including phenoxy) is 3. The number of hydrogen-bond acceptors (Lipinski definition) is 6. The minimum atomic E-state index is -0.351. The van der Waals surface area contributed by atoms with E-state index in [4.69, 9.17) is 37.4 Å². The molecule has 3 aromatic rings. The fourth-order valence-corrected chi connectivity index (χ4v) is 3.96. The average Bonchev–Trinajstić information content (AvgIpc) is 3.10. The average molecular weight is 455 g/mol. The Labute approximate surface area is 182 Å². The molecule has 2 aromatic carbocycles. The molecule has 6 nitrogen and oxygen atoms in total. The fourth-order valence-electron chi connectivity index (χ4n) is 2.68. The zero-order chi connectivity index (χ0) is 21.0. The molecule has 1 N–H and O–H groups in total. The van der Waals surface area contributed by atoms with Gasteiger partial charge in [-0.25, -0.2) is 4.98 Å². The number of fused-ring (bicyclic) bond motifs is 1. The van der Waals surface area contributed by atoms with Gasteiger partial charge in [-0.05, 0) is 45.0 Å². The normalized spacial score (nSPS) is 10.8. The molecular formula is C20H20Cl2N2O4S. The molecule has 0 saturated heterocycles. The molecule has 0 radical (unpaired) electrons. The summed E-state index contributed by atoms with van der Waals surface area (Å²) >= 11 is 13.6. The highest BCUT2D eigenvalue weighted by atomic mass is 35.5. The second kappa shape index (κ2) is 9.52. The molecule has 0 aliphatic heterocycles. The number of carbonyl (C=O) groups is 1. The molecule has 3 rings (SSSR count). The number of hydrogen-bond donors (Lipinski definition) is 1. The molecule has 0 atom stereocenters. The first-order valence-corrected chi connectivity index (χ1v) is 10.7. The summed E-state index contributed by atoms with van der Waals surface area (Å²) in [6.07, 6.45) is 0. The third-order valence-corrected chi connectivity index (χ3v) is 5.57. The van der Waals surface area contributed by atoms with Crippen LogP contribution in [0, 0.1) is 0 Å². The minimum Gasteiger partial charge on any atom is -0.490 e. The van der Waals surface area contributed by atoms with E-state index in [0.29, 0.717) is 63.3 Å². The lowest BCUT2D eigenvalue weighted by Gasteiger charge is -2.16. The Bertz CT molecular complexity index is 1010. The minimum absolute atomic E-state index is 0.351. The number of benzene rings is 2. The third kappa shape index (κ3) is 4.69. The summed E-state index contributed by atoms with van der Waals surface area (Å²) < 4.78 is 17.8. The first-order valence-electron chi connectivity index (χ1n) is 9.10. The van der Waals surface area contributed by atoms with E-state index in [1.54, 1.807) is 18.2 Å². The van der Waals surface area contributed by atoms with Crippen molar-refractivity contribution in [2.24, 2.45) is 0 Å². The highest BCUT2D eigenvalue weighted by Gasteiger charge is 2.19. The van der Waals surface area contributed by atoms with Gasteiger partial charge in [-0.1, -0.05) is 34.5 Å². The number of nitrogens with one attached hydrogen (secondary N) is 1. The van der Waals surface area contributed by atoms with Gasteiger partial charge in [-0.15, -0.1) is 0 Å². The number of rotatable bonds is 8. The van der Waals surface area contributed by atoms with Gasteiger partial charge < -0.3 is 14.2 Å². The quantitative estimate of drug-likeness (QED) is 0.448. The Kier molecular flexibility index (Phi) is 7.05. The van der Waals surface area contributed by atoms with E-state index in [-0.39, 0.29) is 5.91 Å². The third-order valence-electron chi connectivity index (χ3n) is 3.84. The van der Waals surface area contributed by atoms with Crippen molar-refractivity contribution < 1.29 is 19.0 Å². The predicted octanol–water partition coefficient (Wildman–Crippen LogP) is 6.05. The highest BCUT2D eigenvalue weighted by Crippen LogP contribution is 2.40. The predicted molar refractivity (Wildman–Crippen MR) is 118 cm³/mol. The standard InChI is InChI=1S/C20H20Cl2N2O4S/c1-4-26-13-9-11(10-14(27-5-2)18(13)28-6-3)19(25)24-20-23-17-15(29-20)8-7-12(21)16(17)22/h7-10H,4-6H2,1-3H3,(H,23,24,25). The van der Waals surface area contributed by atoms with E-state index in [0.717, 1.165) is 4.70 Å². The van der Waals surface area contributed by atoms with Crippen LogP contribution in [0.4, 0.5) is 5.13 Å². The largest absolute Gasteiger partial charge is 0.490 e. The van der Waals surface area contributed by atoms with Crippen LogP contribution in [0.15, 0.2) is 24.3 Å². The summed E-state index contributed by atoms with van der Waals surface area (Å²) in [5.74, 6) is 1.03. The molecule has 0 spiro atoms. The van der Waals surface area contributed by atoms with Crippen LogP contribution in [0.2, 0.25) is 10.0 Å². The molecule has 0 aliphatic rings. The topological polar surface area (TPSA) is 69.7 Å². The summed E-state index contributed by atoms with van der Waals surface area (Å²) in [6.45, 7) is 6.89. The van der Waals surface area contributed by atoms with E-state index in [9.17, 15) is 4.79 Å². The van der Waals surface area contributed by atoms with Crippen LogP contribution in [-0.4, -0.2) is 30.7 Å². The number of anilines is 1. The number of aromatic nitrogens is 1. The van der Waals surface area contributed by atoms with E-state index in [2.05, 4.69) is 10.3 Å². The molecular weight excluding hydrogens is 435 g/mol. The van der Waals surface area contributed by atoms with Crippen molar-refractivity contribution in [1.29, 1.82) is 0 Å². The molecule has 0 unspecified atom stereocenters. The van der Waals surface area contributed by atoms with Gasteiger partial charge in [0.15, 0.2) is 16.6 Å². The second-order valence-corrected chi connectivity index (χ2v) is 7.60. The Balaban J connectivity index is 1.94. The van der Waals surface area contributed by atoms with E-state index < -0.39 is 0 Å². The van der Waals surface area contributed by atoms with Crippen molar-refractivity contribution >= 4 is 55.8 Å². The van der Waals surface area contributed by atoms with Gasteiger partial charge in [0, 0.05) is 5.56 Å². The Morgan fingerprint density at radius 2 is 1.66 bits per heavy atom. The van der Waals surface area contributed by atoms with Gasteiger partial charge in [0.2, 0.25) is 5.75 Å². The van der Waals surface area contributed by atoms with Crippen LogP contribution >= 0.6 is 34.5 Å². The summed E-state index contributed by atoms with van der Waals surface area (Å²) in [5, 5.41) is 3.99. The van der Waals surface area contributed by atoms with Crippen molar-refractivity contribution in [3.63, 3.8) is 0 Å². The lowest BCUT2D eigenvalue weighted by atomic mass is 10.1. The lowest BCUT2D eigenvalue weighted by molar-refractivity contribution is 0.102. The SMILES string of the molecule is CCOc1cc(C(=O)Nc2nc3c(Cl)c(Cl)ccc3s2)cc(OCC)c1OCC. The molecule has 29 heavy (non-hydrogen) atoms. The van der Waals surface area contributed by atoms with E-state index in [1.807, 2.05) is 26.8 Å². The first-order chi connectivity index (χ1) is 14.0. The number of halogens is 2. The van der Waals surface area contributed by atoms with Crippen LogP contribution in [0.1, 0.15) is 31.1 Å². The molecule has 1 heterocycles. The van der Waals surface area contributed by atoms with Crippen molar-refractivity contribution in [1.82, 2.24) is 4.98 Å². The maximum atomic E-state index is 12.9. The van der Waals surface area contributed by atoms with Crippen LogP contribution in [0.25, 0.3) is 10.2 Å². The summed E-state index contributed by atoms with van der Waals surface area (Å²) in [6, 6.07) is 6.77. The van der Waals surface area contributed by atoms with Gasteiger partial charge in [0.25, 0.3) is 5.91 Å². The molecule has 0 saturated carbocycles. The number of amides is 1. The maximum absolute atomic E-state index is 12.9. The molecule has 9 heteroatoms. The zero-order valence-electron chi connectivity index (χ0n) is 16.2. The van der Waals surface area contributed by atoms with Crippen molar-refractivity contribution in [3.8, 4) is 17.2 Å². The van der Waals surface area contributed by atoms with Crippen LogP contribution < -0.4 is 19.5 Å². The maximum Gasteiger partial charge on any atom is 0.257 e. The summed E-state index contributed by atoms with van der Waals surface area (Å²) in [7, 11) is 0. The molecule has 154 valence electrons. The number of thiazole rings is 1. The van der Waals surface area contributed by atoms with Gasteiger partial charge in [-0.3, -0.25) is 10.1 Å². The molecule has 0 fully saturated rings. The number of nitrogens with zero attached hydrogens (tertiary/aromatic N) is 1. The Hall–Kier alpha value is -2.22. The van der Waals surface area contributed by atoms with E-state index >= 15 is 0 Å². The van der Waals surface area contributed by atoms with Gasteiger partial charge in [0.05, 0.1) is 34.6 Å². The lowest BCUT2D eigenvalue weighted by Crippen LogP contribution is -2.13. The van der Waals surface area contributed by atoms with E-state index in [1.165, 1.54) is 11.3 Å². The smallest absolute Gasteiger partial charge is 0.257 e. The molecule has 0 bridgehead atoms. The zero-order valence-corrected chi connectivity index (χ0v) is 18.5. The Morgan fingerprint density at radius 3 is 2.24 bits per heavy atom. The Morgan fingerprint density at radius 1 is 1.03 bits per heavy atom. The van der Waals surface area contributed by atoms with Crippen molar-refractivity contribution in [2.75, 3.05) is 25.1 Å². The monoisotopic (exact) mass is 454 g/mol. The highest BCUT2D eigenvalue weighted by molar-refractivity contribution is 7.22. The fraction of sp³-hybridized carbons (Fsp3) is 0.300. The van der Waals surface area contributed by atoms with Crippen LogP contribution in [-0.2, 0) is 0 Å². The van der Waals surface area contributed by atoms with Crippen molar-refractivity contribution in [3.05, 3.63) is 39.9 Å². The molecule has 0 aliphatic carbocycles. The van der Waals surface area contributed by atoms with Crippen LogP contribution in [0.3, 0.4) is 0 Å². The summed E-state index contributed by atoms with van der Waals surface area (Å²) in [4.78, 5) is 17.3. The van der Waals surface area contributed by atoms with Crippen LogP contribution in [0.5, 0.6) is 17.2 Å². The summed E-state index contributed by atoms with van der Waals surface area (Å²) in [5.41, 5.74) is 0.917. The van der Waals surface area contributed by atoms with Gasteiger partial charge in [0.1, 0.15) is 5.52 Å². The van der Waals surface area contributed by atoms with Crippen molar-refractivity contribution in [2.45, 2.75) is 20.8 Å². The number of carbonyl (C=O) groups excluding carboxylic acids is 1. The van der Waals surface area contributed by atoms with Gasteiger partial charge >= 0.3 is 0 Å². The molecule has 1 amide bonds. The van der Waals surface area contributed by atoms with Gasteiger partial charge in [-0.2, -0.15) is 0 Å². The second-order valence-electron chi connectivity index (χ2n) is 5.78.